The van der Waals surface area contributed by atoms with Gasteiger partial charge in [0.1, 0.15) is 12.4 Å². The van der Waals surface area contributed by atoms with Crippen molar-refractivity contribution < 1.29 is 9.84 Å². The summed E-state index contributed by atoms with van der Waals surface area (Å²) in [7, 11) is 0. The second-order valence-electron chi connectivity index (χ2n) is 5.03. The van der Waals surface area contributed by atoms with Gasteiger partial charge in [0.05, 0.1) is 5.60 Å². The van der Waals surface area contributed by atoms with Crippen molar-refractivity contribution in [2.45, 2.75) is 39.3 Å². The first-order valence-corrected chi connectivity index (χ1v) is 7.06. The summed E-state index contributed by atoms with van der Waals surface area (Å²) in [6, 6.07) is 5.88. The topological polar surface area (TPSA) is 41.5 Å². The number of aliphatic hydroxyl groups is 1. The van der Waals surface area contributed by atoms with Gasteiger partial charge in [-0.3, -0.25) is 0 Å². The Morgan fingerprint density at radius 2 is 2.11 bits per heavy atom. The lowest BCUT2D eigenvalue weighted by molar-refractivity contribution is 0.0284. The fourth-order valence-electron chi connectivity index (χ4n) is 1.44. The second kappa shape index (κ2) is 7.12. The molecule has 0 spiro atoms. The monoisotopic (exact) mass is 315 g/mol. The summed E-state index contributed by atoms with van der Waals surface area (Å²) in [6.07, 6.45) is 1.12. The number of nitrogens with one attached hydrogen (secondary N) is 1. The maximum absolute atomic E-state index is 9.63. The largest absolute Gasteiger partial charge is 0.491 e. The highest BCUT2D eigenvalue weighted by atomic mass is 79.9. The maximum Gasteiger partial charge on any atom is 0.119 e. The molecule has 0 aliphatic rings. The molecular weight excluding hydrogens is 294 g/mol. The van der Waals surface area contributed by atoms with Crippen molar-refractivity contribution in [1.29, 1.82) is 0 Å². The summed E-state index contributed by atoms with van der Waals surface area (Å²) in [5.41, 5.74) is 0.352. The van der Waals surface area contributed by atoms with Crippen molar-refractivity contribution in [3.63, 3.8) is 0 Å². The Kier molecular flexibility index (Phi) is 6.12. The van der Waals surface area contributed by atoms with Crippen LogP contribution < -0.4 is 10.1 Å². The summed E-state index contributed by atoms with van der Waals surface area (Å²) < 4.78 is 6.64. The van der Waals surface area contributed by atoms with Crippen molar-refractivity contribution in [2.75, 3.05) is 13.2 Å². The Morgan fingerprint density at radius 1 is 1.39 bits per heavy atom. The van der Waals surface area contributed by atoms with Gasteiger partial charge in [0, 0.05) is 11.0 Å². The molecule has 1 aromatic rings. The Labute approximate surface area is 118 Å². The molecule has 3 nitrogen and oxygen atoms in total. The average molecular weight is 316 g/mol. The lowest BCUT2D eigenvalue weighted by atomic mass is 10.1. The SMILES string of the molecule is CCCNCc1cc(OCC(C)(C)O)ccc1Br. The molecule has 2 N–H and O–H groups in total. The van der Waals surface area contributed by atoms with Crippen molar-refractivity contribution in [3.05, 3.63) is 28.2 Å². The predicted molar refractivity (Wildman–Crippen MR) is 77.9 cm³/mol. The van der Waals surface area contributed by atoms with Crippen LogP contribution in [0, 0.1) is 0 Å². The molecule has 0 unspecified atom stereocenters. The number of halogens is 1. The number of benzene rings is 1. The van der Waals surface area contributed by atoms with Gasteiger partial charge >= 0.3 is 0 Å². The summed E-state index contributed by atoms with van der Waals surface area (Å²) in [5, 5.41) is 13.0. The number of ether oxygens (including phenoxy) is 1. The summed E-state index contributed by atoms with van der Waals surface area (Å²) in [4.78, 5) is 0. The molecule has 0 aliphatic carbocycles. The van der Waals surface area contributed by atoms with Crippen LogP contribution in [0.25, 0.3) is 0 Å². The summed E-state index contributed by atoms with van der Waals surface area (Å²) >= 11 is 3.53. The van der Waals surface area contributed by atoms with Gasteiger partial charge in [0.15, 0.2) is 0 Å². The molecule has 102 valence electrons. The van der Waals surface area contributed by atoms with Crippen molar-refractivity contribution in [2.24, 2.45) is 0 Å². The van der Waals surface area contributed by atoms with E-state index in [4.69, 9.17) is 4.74 Å². The quantitative estimate of drug-likeness (QED) is 0.760. The van der Waals surface area contributed by atoms with E-state index in [1.165, 1.54) is 0 Å². The lowest BCUT2D eigenvalue weighted by Gasteiger charge is -2.18. The fourth-order valence-corrected chi connectivity index (χ4v) is 1.82. The Morgan fingerprint density at radius 3 is 2.72 bits per heavy atom. The zero-order valence-electron chi connectivity index (χ0n) is 11.3. The third-order valence-electron chi connectivity index (χ3n) is 2.35. The van der Waals surface area contributed by atoms with Crippen molar-refractivity contribution in [1.82, 2.24) is 5.32 Å². The molecule has 4 heteroatoms. The van der Waals surface area contributed by atoms with Crippen LogP contribution in [0.1, 0.15) is 32.8 Å². The second-order valence-corrected chi connectivity index (χ2v) is 5.89. The van der Waals surface area contributed by atoms with Gasteiger partial charge in [0.2, 0.25) is 0 Å². The van der Waals surface area contributed by atoms with E-state index in [1.54, 1.807) is 13.8 Å². The van der Waals surface area contributed by atoms with E-state index in [-0.39, 0.29) is 6.61 Å². The van der Waals surface area contributed by atoms with Crippen LogP contribution in [0.15, 0.2) is 22.7 Å². The van der Waals surface area contributed by atoms with Gasteiger partial charge in [-0.1, -0.05) is 22.9 Å². The van der Waals surface area contributed by atoms with E-state index in [0.717, 1.165) is 35.3 Å². The van der Waals surface area contributed by atoms with E-state index < -0.39 is 5.60 Å². The van der Waals surface area contributed by atoms with Crippen molar-refractivity contribution >= 4 is 15.9 Å². The highest BCUT2D eigenvalue weighted by Gasteiger charge is 2.13. The molecule has 18 heavy (non-hydrogen) atoms. The van der Waals surface area contributed by atoms with Crippen LogP contribution in [-0.4, -0.2) is 23.9 Å². The van der Waals surface area contributed by atoms with Gasteiger partial charge in [-0.05, 0) is 50.6 Å². The van der Waals surface area contributed by atoms with Crippen molar-refractivity contribution in [3.8, 4) is 5.75 Å². The zero-order valence-corrected chi connectivity index (χ0v) is 12.9. The van der Waals surface area contributed by atoms with Gasteiger partial charge < -0.3 is 15.2 Å². The summed E-state index contributed by atoms with van der Waals surface area (Å²) in [5.74, 6) is 0.786. The first kappa shape index (κ1) is 15.5. The fraction of sp³-hybridized carbons (Fsp3) is 0.571. The number of hydrogen-bond donors (Lipinski definition) is 2. The molecule has 0 atom stereocenters. The van der Waals surface area contributed by atoms with Crippen LogP contribution in [0.5, 0.6) is 5.75 Å². The number of hydrogen-bond acceptors (Lipinski definition) is 3. The first-order chi connectivity index (χ1) is 8.42. The van der Waals surface area contributed by atoms with Crippen LogP contribution in [0.2, 0.25) is 0 Å². The molecule has 0 aromatic heterocycles. The minimum absolute atomic E-state index is 0.288. The van der Waals surface area contributed by atoms with E-state index in [9.17, 15) is 5.11 Å². The molecule has 0 bridgehead atoms. The van der Waals surface area contributed by atoms with E-state index in [2.05, 4.69) is 28.2 Å². The van der Waals surface area contributed by atoms with Crippen LogP contribution >= 0.6 is 15.9 Å². The number of rotatable bonds is 7. The molecule has 0 radical (unpaired) electrons. The predicted octanol–water partition coefficient (Wildman–Crippen LogP) is 3.10. The highest BCUT2D eigenvalue weighted by Crippen LogP contribution is 2.23. The van der Waals surface area contributed by atoms with Gasteiger partial charge in [-0.25, -0.2) is 0 Å². The van der Waals surface area contributed by atoms with E-state index >= 15 is 0 Å². The minimum atomic E-state index is -0.812. The van der Waals surface area contributed by atoms with Gasteiger partial charge in [-0.2, -0.15) is 0 Å². The highest BCUT2D eigenvalue weighted by molar-refractivity contribution is 9.10. The maximum atomic E-state index is 9.63. The van der Waals surface area contributed by atoms with E-state index in [0.29, 0.717) is 0 Å². The molecule has 0 saturated heterocycles. The lowest BCUT2D eigenvalue weighted by Crippen LogP contribution is -2.27. The smallest absolute Gasteiger partial charge is 0.119 e. The molecule has 1 aromatic carbocycles. The first-order valence-electron chi connectivity index (χ1n) is 6.26. The van der Waals surface area contributed by atoms with Gasteiger partial charge in [-0.15, -0.1) is 0 Å². The third kappa shape index (κ3) is 5.85. The molecule has 0 saturated carbocycles. The molecule has 1 rings (SSSR count). The van der Waals surface area contributed by atoms with E-state index in [1.807, 2.05) is 18.2 Å². The molecule has 0 amide bonds. The normalized spacial score (nSPS) is 11.6. The third-order valence-corrected chi connectivity index (χ3v) is 3.13. The zero-order chi connectivity index (χ0) is 13.6. The Hall–Kier alpha value is -0.580. The molecule has 0 aliphatic heterocycles. The summed E-state index contributed by atoms with van der Waals surface area (Å²) in [6.45, 7) is 7.71. The van der Waals surface area contributed by atoms with Crippen LogP contribution in [0.3, 0.4) is 0 Å². The molecule has 0 fully saturated rings. The van der Waals surface area contributed by atoms with Crippen LogP contribution in [-0.2, 0) is 6.54 Å². The Bertz CT molecular complexity index is 375. The Balaban J connectivity index is 2.62. The molecule has 0 heterocycles. The van der Waals surface area contributed by atoms with Gasteiger partial charge in [0.25, 0.3) is 0 Å². The molecular formula is C14H22BrNO2. The average Bonchev–Trinajstić information content (AvgIpc) is 2.29. The standard InChI is InChI=1S/C14H22BrNO2/c1-4-7-16-9-11-8-12(5-6-13(11)15)18-10-14(2,3)17/h5-6,8,16-17H,4,7,9-10H2,1-3H3. The van der Waals surface area contributed by atoms with Crippen LogP contribution in [0.4, 0.5) is 0 Å². The minimum Gasteiger partial charge on any atom is -0.491 e.